The van der Waals surface area contributed by atoms with E-state index in [1.54, 1.807) is 0 Å². The number of non-ortho nitro benzene ring substituents is 1. The van der Waals surface area contributed by atoms with Gasteiger partial charge < -0.3 is 14.8 Å². The Bertz CT molecular complexity index is 881. The highest BCUT2D eigenvalue weighted by Gasteiger charge is 2.16. The van der Waals surface area contributed by atoms with Crippen molar-refractivity contribution in [3.63, 3.8) is 0 Å². The third-order valence-electron chi connectivity index (χ3n) is 4.97. The molecule has 0 aliphatic heterocycles. The zero-order chi connectivity index (χ0) is 20.1. The first kappa shape index (κ1) is 19.7. The van der Waals surface area contributed by atoms with Crippen LogP contribution in [0, 0.1) is 10.1 Å². The number of rotatable bonds is 7. The average molecular weight is 384 g/mol. The van der Waals surface area contributed by atoms with Crippen molar-refractivity contribution in [2.75, 3.05) is 13.7 Å². The summed E-state index contributed by atoms with van der Waals surface area (Å²) in [6.07, 6.45) is 4.64. The molecule has 1 atom stereocenters. The number of benzene rings is 2. The number of nitro groups is 1. The van der Waals surface area contributed by atoms with E-state index in [9.17, 15) is 14.9 Å². The van der Waals surface area contributed by atoms with Gasteiger partial charge in [-0.3, -0.25) is 14.9 Å². The number of fused-ring (bicyclic) bond motifs is 1. The molecule has 3 rings (SSSR count). The normalized spacial score (nSPS) is 13.9. The number of nitro benzene ring substituents is 1. The first-order chi connectivity index (χ1) is 13.5. The second-order valence-electron chi connectivity index (χ2n) is 6.91. The molecule has 0 saturated heterocycles. The van der Waals surface area contributed by atoms with E-state index in [1.165, 1.54) is 49.3 Å². The molecule has 1 unspecified atom stereocenters. The Labute approximate surface area is 163 Å². The van der Waals surface area contributed by atoms with Gasteiger partial charge in [-0.2, -0.15) is 0 Å². The Morgan fingerprint density at radius 1 is 1.14 bits per heavy atom. The monoisotopic (exact) mass is 384 g/mol. The van der Waals surface area contributed by atoms with Gasteiger partial charge in [-0.1, -0.05) is 18.2 Å². The maximum atomic E-state index is 12.3. The molecule has 1 aliphatic carbocycles. The minimum Gasteiger partial charge on any atom is -0.493 e. The van der Waals surface area contributed by atoms with Crippen molar-refractivity contribution in [2.45, 2.75) is 38.6 Å². The Morgan fingerprint density at radius 3 is 2.61 bits per heavy atom. The molecular weight excluding hydrogens is 360 g/mol. The van der Waals surface area contributed by atoms with Gasteiger partial charge in [0.1, 0.15) is 0 Å². The van der Waals surface area contributed by atoms with E-state index in [-0.39, 0.29) is 30.0 Å². The van der Waals surface area contributed by atoms with E-state index >= 15 is 0 Å². The molecule has 148 valence electrons. The van der Waals surface area contributed by atoms with Gasteiger partial charge in [0.2, 0.25) is 0 Å². The lowest BCUT2D eigenvalue weighted by atomic mass is 9.89. The number of nitrogens with one attached hydrogen (secondary N) is 1. The van der Waals surface area contributed by atoms with E-state index in [2.05, 4.69) is 23.5 Å². The second kappa shape index (κ2) is 8.73. The summed E-state index contributed by atoms with van der Waals surface area (Å²) in [4.78, 5) is 22.7. The fourth-order valence-corrected chi connectivity index (χ4v) is 3.42. The van der Waals surface area contributed by atoms with Crippen molar-refractivity contribution in [1.29, 1.82) is 0 Å². The predicted octanol–water partition coefficient (Wildman–Crippen LogP) is 3.74. The second-order valence-corrected chi connectivity index (χ2v) is 6.91. The number of hydrogen-bond acceptors (Lipinski definition) is 5. The van der Waals surface area contributed by atoms with E-state index in [0.29, 0.717) is 5.75 Å². The molecule has 7 heteroatoms. The molecule has 0 heterocycles. The Hall–Kier alpha value is -3.09. The molecule has 0 aromatic heterocycles. The molecule has 0 fully saturated rings. The van der Waals surface area contributed by atoms with Crippen molar-refractivity contribution in [3.8, 4) is 11.5 Å². The fraction of sp³-hybridized carbons (Fsp3) is 0.381. The van der Waals surface area contributed by atoms with Gasteiger partial charge in [0.05, 0.1) is 24.1 Å². The molecule has 0 spiro atoms. The van der Waals surface area contributed by atoms with Crippen molar-refractivity contribution in [2.24, 2.45) is 0 Å². The topological polar surface area (TPSA) is 90.7 Å². The van der Waals surface area contributed by atoms with E-state index in [1.807, 2.05) is 6.92 Å². The summed E-state index contributed by atoms with van der Waals surface area (Å²) in [6.45, 7) is 1.67. The van der Waals surface area contributed by atoms with Crippen LogP contribution in [0.5, 0.6) is 11.5 Å². The largest absolute Gasteiger partial charge is 0.493 e. The van der Waals surface area contributed by atoms with Crippen LogP contribution in [0.4, 0.5) is 5.69 Å². The number of carbonyl (C=O) groups excluding carboxylic acids is 1. The predicted molar refractivity (Wildman–Crippen MR) is 105 cm³/mol. The van der Waals surface area contributed by atoms with E-state index in [0.717, 1.165) is 18.4 Å². The summed E-state index contributed by atoms with van der Waals surface area (Å²) in [5.41, 5.74) is 3.69. The van der Waals surface area contributed by atoms with E-state index in [4.69, 9.17) is 9.47 Å². The minimum atomic E-state index is -0.523. The lowest BCUT2D eigenvalue weighted by molar-refractivity contribution is -0.385. The van der Waals surface area contributed by atoms with Crippen LogP contribution in [0.3, 0.4) is 0 Å². The van der Waals surface area contributed by atoms with Crippen molar-refractivity contribution in [3.05, 3.63) is 63.2 Å². The van der Waals surface area contributed by atoms with Crippen LogP contribution in [-0.2, 0) is 17.6 Å². The Balaban J connectivity index is 1.61. The number of nitrogens with zero attached hydrogens (tertiary/aromatic N) is 1. The summed E-state index contributed by atoms with van der Waals surface area (Å²) < 4.78 is 10.6. The Kier molecular flexibility index (Phi) is 6.13. The first-order valence-electron chi connectivity index (χ1n) is 9.34. The van der Waals surface area contributed by atoms with Gasteiger partial charge in [-0.15, -0.1) is 0 Å². The molecule has 28 heavy (non-hydrogen) atoms. The third kappa shape index (κ3) is 4.60. The maximum absolute atomic E-state index is 12.3. The number of hydrogen-bond donors (Lipinski definition) is 1. The van der Waals surface area contributed by atoms with Crippen LogP contribution >= 0.6 is 0 Å². The number of methoxy groups -OCH3 is 1. The quantitative estimate of drug-likeness (QED) is 0.580. The molecule has 1 amide bonds. The SMILES string of the molecule is COc1ccc([N+](=O)[O-])cc1OCC(=O)NC(C)c1ccc2c(c1)CCCC2. The van der Waals surface area contributed by atoms with Gasteiger partial charge in [0, 0.05) is 6.07 Å². The first-order valence-corrected chi connectivity index (χ1v) is 9.34. The maximum Gasteiger partial charge on any atom is 0.273 e. The number of aryl methyl sites for hydroxylation is 2. The molecule has 0 radical (unpaired) electrons. The Morgan fingerprint density at radius 2 is 1.89 bits per heavy atom. The van der Waals surface area contributed by atoms with Crippen molar-refractivity contribution in [1.82, 2.24) is 5.32 Å². The number of amides is 1. The zero-order valence-electron chi connectivity index (χ0n) is 16.1. The molecule has 1 N–H and O–H groups in total. The summed E-state index contributed by atoms with van der Waals surface area (Å²) in [6, 6.07) is 10.2. The lowest BCUT2D eigenvalue weighted by Gasteiger charge is -2.20. The summed E-state index contributed by atoms with van der Waals surface area (Å²) in [7, 11) is 1.44. The van der Waals surface area contributed by atoms with Gasteiger partial charge in [-0.05, 0) is 55.4 Å². The molecule has 0 bridgehead atoms. The third-order valence-corrected chi connectivity index (χ3v) is 4.97. The molecular formula is C21H24N2O5. The summed E-state index contributed by atoms with van der Waals surface area (Å²) >= 11 is 0. The highest BCUT2D eigenvalue weighted by Crippen LogP contribution is 2.31. The number of ether oxygens (including phenoxy) is 2. The van der Waals surface area contributed by atoms with Gasteiger partial charge in [0.15, 0.2) is 18.1 Å². The van der Waals surface area contributed by atoms with Crippen LogP contribution in [0.2, 0.25) is 0 Å². The van der Waals surface area contributed by atoms with Crippen molar-refractivity contribution >= 4 is 11.6 Å². The fourth-order valence-electron chi connectivity index (χ4n) is 3.42. The summed E-state index contributed by atoms with van der Waals surface area (Å²) in [5.74, 6) is 0.188. The van der Waals surface area contributed by atoms with Crippen LogP contribution in [-0.4, -0.2) is 24.5 Å². The van der Waals surface area contributed by atoms with Gasteiger partial charge in [0.25, 0.3) is 11.6 Å². The molecule has 7 nitrogen and oxygen atoms in total. The molecule has 2 aromatic carbocycles. The minimum absolute atomic E-state index is 0.126. The van der Waals surface area contributed by atoms with Crippen LogP contribution in [0.1, 0.15) is 42.5 Å². The van der Waals surface area contributed by atoms with Crippen molar-refractivity contribution < 1.29 is 19.2 Å². The average Bonchev–Trinajstić information content (AvgIpc) is 2.71. The smallest absolute Gasteiger partial charge is 0.273 e. The van der Waals surface area contributed by atoms with Gasteiger partial charge in [-0.25, -0.2) is 0 Å². The molecule has 2 aromatic rings. The summed E-state index contributed by atoms with van der Waals surface area (Å²) in [5, 5.41) is 13.8. The zero-order valence-corrected chi connectivity index (χ0v) is 16.1. The molecule has 0 saturated carbocycles. The lowest BCUT2D eigenvalue weighted by Crippen LogP contribution is -2.31. The highest BCUT2D eigenvalue weighted by atomic mass is 16.6. The van der Waals surface area contributed by atoms with Crippen LogP contribution < -0.4 is 14.8 Å². The highest BCUT2D eigenvalue weighted by molar-refractivity contribution is 5.78. The number of carbonyl (C=O) groups is 1. The molecule has 1 aliphatic rings. The van der Waals surface area contributed by atoms with Gasteiger partial charge >= 0.3 is 0 Å². The van der Waals surface area contributed by atoms with Crippen LogP contribution in [0.25, 0.3) is 0 Å². The van der Waals surface area contributed by atoms with Crippen LogP contribution in [0.15, 0.2) is 36.4 Å². The standard InChI is InChI=1S/C21H24N2O5/c1-14(16-8-7-15-5-3-4-6-17(15)11-16)22-21(24)13-28-20-12-18(23(25)26)9-10-19(20)27-2/h7-12,14H,3-6,13H2,1-2H3,(H,22,24). The van der Waals surface area contributed by atoms with E-state index < -0.39 is 4.92 Å².